The fraction of sp³-hybridized carbons (Fsp3) is 0. The van der Waals surface area contributed by atoms with Crippen molar-refractivity contribution in [2.75, 3.05) is 0 Å². The fourth-order valence-electron chi connectivity index (χ4n) is 6.44. The van der Waals surface area contributed by atoms with Gasteiger partial charge in [-0.3, -0.25) is 0 Å². The highest BCUT2D eigenvalue weighted by Crippen LogP contribution is 2.36. The maximum Gasteiger partial charge on any atom is 0.0540 e. The molecule has 202 valence electrons. The van der Waals surface area contributed by atoms with Crippen LogP contribution in [0.5, 0.6) is 0 Å². The minimum atomic E-state index is 1.12. The molecule has 1 heteroatoms. The normalized spacial score (nSPS) is 11.3. The molecule has 0 saturated carbocycles. The molecule has 0 aliphatic heterocycles. The second kappa shape index (κ2) is 10.6. The SMILES string of the molecule is c1ccc(-c2cc(-c3ccccc3)cc(-n3c4ccccc4c4ccccc4c4ccccc4c4ccccc43)c2)cc1. The molecule has 1 aromatic heterocycles. The number of aromatic nitrogens is 1. The largest absolute Gasteiger partial charge is 0.309 e. The van der Waals surface area contributed by atoms with Crippen molar-refractivity contribution in [2.24, 2.45) is 0 Å². The van der Waals surface area contributed by atoms with Gasteiger partial charge in [0, 0.05) is 16.5 Å². The number of benzene rings is 7. The van der Waals surface area contributed by atoms with Crippen LogP contribution in [0.1, 0.15) is 0 Å². The lowest BCUT2D eigenvalue weighted by molar-refractivity contribution is 1.17. The van der Waals surface area contributed by atoms with Crippen molar-refractivity contribution in [1.29, 1.82) is 0 Å². The van der Waals surface area contributed by atoms with Crippen molar-refractivity contribution in [3.63, 3.8) is 0 Å². The molecule has 0 aliphatic carbocycles. The third-order valence-electron chi connectivity index (χ3n) is 8.40. The number of nitrogens with zero attached hydrogens (tertiary/aromatic N) is 1. The molecule has 0 bridgehead atoms. The van der Waals surface area contributed by atoms with Crippen molar-refractivity contribution >= 4 is 43.4 Å². The molecule has 0 radical (unpaired) electrons. The van der Waals surface area contributed by atoms with E-state index in [2.05, 4.69) is 180 Å². The summed E-state index contributed by atoms with van der Waals surface area (Å²) in [6.07, 6.45) is 0. The smallest absolute Gasteiger partial charge is 0.0540 e. The summed E-state index contributed by atoms with van der Waals surface area (Å²) in [5.74, 6) is 0. The molecular weight excluding hydrogens is 518 g/mol. The minimum absolute atomic E-state index is 1.12. The number of fused-ring (bicyclic) bond motifs is 7. The summed E-state index contributed by atoms with van der Waals surface area (Å²) in [6, 6.07) is 63.7. The molecule has 0 fully saturated rings. The van der Waals surface area contributed by atoms with Gasteiger partial charge in [-0.05, 0) is 74.1 Å². The van der Waals surface area contributed by atoms with E-state index in [0.29, 0.717) is 0 Å². The standard InChI is InChI=1S/C42H29N/c1-3-15-30(16-4-1)32-27-33(31-17-5-2-6-18-31)29-34(28-32)43-41-25-13-11-23-39(41)37-21-9-7-19-35(37)36-20-8-10-22-38(36)40-24-12-14-26-42(40)43/h1-29H. The van der Waals surface area contributed by atoms with Crippen molar-refractivity contribution < 1.29 is 0 Å². The van der Waals surface area contributed by atoms with Gasteiger partial charge in [-0.1, -0.05) is 146 Å². The van der Waals surface area contributed by atoms with Crippen LogP contribution in [0.3, 0.4) is 0 Å². The molecule has 0 amide bonds. The van der Waals surface area contributed by atoms with Gasteiger partial charge >= 0.3 is 0 Å². The van der Waals surface area contributed by atoms with Gasteiger partial charge in [-0.15, -0.1) is 0 Å². The van der Waals surface area contributed by atoms with E-state index in [0.717, 1.165) is 16.7 Å². The molecule has 8 aromatic rings. The van der Waals surface area contributed by atoms with Crippen LogP contribution in [0.2, 0.25) is 0 Å². The summed E-state index contributed by atoms with van der Waals surface area (Å²) in [4.78, 5) is 0. The number of para-hydroxylation sites is 2. The Morgan fingerprint density at radius 1 is 0.256 bits per heavy atom. The Morgan fingerprint density at radius 3 is 1.00 bits per heavy atom. The Hall–Kier alpha value is -5.66. The van der Waals surface area contributed by atoms with Gasteiger partial charge in [0.1, 0.15) is 0 Å². The van der Waals surface area contributed by atoms with Crippen LogP contribution >= 0.6 is 0 Å². The lowest BCUT2D eigenvalue weighted by atomic mass is 9.97. The number of rotatable bonds is 3. The second-order valence-corrected chi connectivity index (χ2v) is 11.0. The van der Waals surface area contributed by atoms with Crippen molar-refractivity contribution in [3.05, 3.63) is 176 Å². The molecule has 1 nitrogen and oxygen atoms in total. The summed E-state index contributed by atoms with van der Waals surface area (Å²) in [5, 5.41) is 7.35. The topological polar surface area (TPSA) is 4.93 Å². The van der Waals surface area contributed by atoms with Gasteiger partial charge in [0.25, 0.3) is 0 Å². The first kappa shape index (κ1) is 25.1. The number of hydrogen-bond donors (Lipinski definition) is 0. The highest BCUT2D eigenvalue weighted by Gasteiger charge is 2.13. The zero-order valence-corrected chi connectivity index (χ0v) is 23.7. The molecule has 0 atom stereocenters. The van der Waals surface area contributed by atoms with E-state index in [9.17, 15) is 0 Å². The quantitative estimate of drug-likeness (QED) is 0.207. The van der Waals surface area contributed by atoms with E-state index in [4.69, 9.17) is 0 Å². The summed E-state index contributed by atoms with van der Waals surface area (Å²) >= 11 is 0. The zero-order chi connectivity index (χ0) is 28.6. The van der Waals surface area contributed by atoms with Crippen molar-refractivity contribution in [3.8, 4) is 27.9 Å². The van der Waals surface area contributed by atoms with E-state index in [1.165, 1.54) is 54.6 Å². The van der Waals surface area contributed by atoms with E-state index in [1.807, 2.05) is 0 Å². The first-order valence-electron chi connectivity index (χ1n) is 14.8. The highest BCUT2D eigenvalue weighted by atomic mass is 15.0. The van der Waals surface area contributed by atoms with Crippen LogP contribution < -0.4 is 0 Å². The Labute approximate surface area is 251 Å². The Kier molecular flexibility index (Phi) is 6.20. The molecule has 0 spiro atoms. The summed E-state index contributed by atoms with van der Waals surface area (Å²) < 4.78 is 2.46. The Morgan fingerprint density at radius 2 is 0.581 bits per heavy atom. The third-order valence-corrected chi connectivity index (χ3v) is 8.40. The molecule has 8 rings (SSSR count). The number of hydrogen-bond acceptors (Lipinski definition) is 0. The Bertz CT molecular complexity index is 2170. The molecule has 1 heterocycles. The second-order valence-electron chi connectivity index (χ2n) is 11.0. The summed E-state index contributed by atoms with van der Waals surface area (Å²) in [7, 11) is 0. The van der Waals surface area contributed by atoms with Gasteiger partial charge in [-0.25, -0.2) is 0 Å². The monoisotopic (exact) mass is 547 g/mol. The van der Waals surface area contributed by atoms with Gasteiger partial charge in [0.05, 0.1) is 11.0 Å². The van der Waals surface area contributed by atoms with Crippen molar-refractivity contribution in [2.45, 2.75) is 0 Å². The average molecular weight is 548 g/mol. The molecule has 0 N–H and O–H groups in total. The highest BCUT2D eigenvalue weighted by molar-refractivity contribution is 6.19. The zero-order valence-electron chi connectivity index (χ0n) is 23.7. The molecular formula is C42H29N. The van der Waals surface area contributed by atoms with Gasteiger partial charge in [-0.2, -0.15) is 0 Å². The average Bonchev–Trinajstić information content (AvgIpc) is 3.13. The van der Waals surface area contributed by atoms with Crippen LogP contribution in [0, 0.1) is 0 Å². The van der Waals surface area contributed by atoms with E-state index >= 15 is 0 Å². The molecule has 0 aliphatic rings. The van der Waals surface area contributed by atoms with E-state index in [-0.39, 0.29) is 0 Å². The van der Waals surface area contributed by atoms with Gasteiger partial charge < -0.3 is 4.57 Å². The van der Waals surface area contributed by atoms with Gasteiger partial charge in [0.15, 0.2) is 0 Å². The third kappa shape index (κ3) is 4.43. The fourth-order valence-corrected chi connectivity index (χ4v) is 6.44. The molecule has 0 unspecified atom stereocenters. The maximum atomic E-state index is 2.46. The van der Waals surface area contributed by atoms with Crippen LogP contribution in [-0.4, -0.2) is 4.57 Å². The Balaban J connectivity index is 1.63. The first-order valence-corrected chi connectivity index (χ1v) is 14.8. The van der Waals surface area contributed by atoms with E-state index in [1.54, 1.807) is 0 Å². The minimum Gasteiger partial charge on any atom is -0.309 e. The predicted octanol–water partition coefficient (Wildman–Crippen LogP) is 11.5. The maximum absolute atomic E-state index is 2.46. The van der Waals surface area contributed by atoms with Crippen LogP contribution in [0.4, 0.5) is 0 Å². The molecule has 43 heavy (non-hydrogen) atoms. The lowest BCUT2D eigenvalue weighted by Crippen LogP contribution is -1.99. The van der Waals surface area contributed by atoms with Crippen LogP contribution in [-0.2, 0) is 0 Å². The first-order chi connectivity index (χ1) is 21.3. The predicted molar refractivity (Wildman–Crippen MR) is 184 cm³/mol. The van der Waals surface area contributed by atoms with Crippen molar-refractivity contribution in [1.82, 2.24) is 4.57 Å². The van der Waals surface area contributed by atoms with E-state index < -0.39 is 0 Å². The summed E-state index contributed by atoms with van der Waals surface area (Å²) in [5.41, 5.74) is 8.20. The lowest BCUT2D eigenvalue weighted by Gasteiger charge is -2.17. The van der Waals surface area contributed by atoms with Crippen LogP contribution in [0.25, 0.3) is 71.3 Å². The van der Waals surface area contributed by atoms with Crippen LogP contribution in [0.15, 0.2) is 176 Å². The molecule has 7 aromatic carbocycles. The summed E-state index contributed by atoms with van der Waals surface area (Å²) in [6.45, 7) is 0. The van der Waals surface area contributed by atoms with Gasteiger partial charge in [0.2, 0.25) is 0 Å². The molecule has 0 saturated heterocycles.